The van der Waals surface area contributed by atoms with E-state index in [4.69, 9.17) is 21.1 Å². The van der Waals surface area contributed by atoms with E-state index in [2.05, 4.69) is 0 Å². The molecule has 5 nitrogen and oxygen atoms in total. The fourth-order valence-corrected chi connectivity index (χ4v) is 7.30. The molecule has 0 bridgehead atoms. The van der Waals surface area contributed by atoms with Crippen molar-refractivity contribution in [1.82, 2.24) is 0 Å². The Kier molecular flexibility index (Phi) is 6.03. The van der Waals surface area contributed by atoms with Crippen molar-refractivity contribution in [3.8, 4) is 5.75 Å². The van der Waals surface area contributed by atoms with Gasteiger partial charge in [-0.1, -0.05) is 11.6 Å². The Morgan fingerprint density at radius 3 is 2.47 bits per heavy atom. The molecule has 0 saturated carbocycles. The van der Waals surface area contributed by atoms with Crippen molar-refractivity contribution in [3.63, 3.8) is 0 Å². The molecule has 2 aromatic carbocycles. The number of ether oxygens (including phenoxy) is 2. The van der Waals surface area contributed by atoms with E-state index in [1.165, 1.54) is 24.3 Å². The molecule has 0 spiro atoms. The lowest BCUT2D eigenvalue weighted by atomic mass is 9.74. The van der Waals surface area contributed by atoms with E-state index < -0.39 is 43.8 Å². The zero-order chi connectivity index (χ0) is 23.3. The van der Waals surface area contributed by atoms with Crippen molar-refractivity contribution >= 4 is 21.4 Å². The second kappa shape index (κ2) is 8.24. The highest BCUT2D eigenvalue weighted by Crippen LogP contribution is 2.56. The van der Waals surface area contributed by atoms with Gasteiger partial charge in [0.1, 0.15) is 10.6 Å². The van der Waals surface area contributed by atoms with Gasteiger partial charge in [0.25, 0.3) is 0 Å². The molecule has 1 N–H and O–H groups in total. The summed E-state index contributed by atoms with van der Waals surface area (Å²) in [6, 6.07) is 7.51. The molecule has 2 aliphatic heterocycles. The Morgan fingerprint density at radius 2 is 1.81 bits per heavy atom. The van der Waals surface area contributed by atoms with E-state index in [0.29, 0.717) is 17.9 Å². The minimum Gasteiger partial charge on any atom is -0.490 e. The van der Waals surface area contributed by atoms with Gasteiger partial charge in [0.2, 0.25) is 0 Å². The minimum atomic E-state index is -4.23. The number of sulfone groups is 1. The Balaban J connectivity index is 1.93. The van der Waals surface area contributed by atoms with E-state index in [1.54, 1.807) is 13.8 Å². The highest BCUT2D eigenvalue weighted by molar-refractivity contribution is 7.92. The predicted molar refractivity (Wildman–Crippen MR) is 116 cm³/mol. The molecule has 4 rings (SSSR count). The van der Waals surface area contributed by atoms with Crippen molar-refractivity contribution in [2.75, 3.05) is 13.2 Å². The standard InChI is InChI=1S/C23H25ClF2O5S/c1-22(2,27)10-9-19-16-13-31-21-18(26)8-7-17(25)20(21)23(16,11-12-30-19)32(28,29)15-5-3-14(24)4-6-15/h3-8,16,19,27H,9-13H2,1-2H3/t16-,19-,23-/m0/s1. The van der Waals surface area contributed by atoms with Crippen LogP contribution in [-0.2, 0) is 19.3 Å². The molecular formula is C23H25ClF2O5S. The first-order valence-corrected chi connectivity index (χ1v) is 12.3. The van der Waals surface area contributed by atoms with Crippen LogP contribution in [0.2, 0.25) is 5.02 Å². The maximum atomic E-state index is 15.3. The number of hydrogen-bond acceptors (Lipinski definition) is 5. The second-order valence-corrected chi connectivity index (χ2v) is 11.7. The number of aliphatic hydroxyl groups is 1. The molecule has 0 radical (unpaired) electrons. The van der Waals surface area contributed by atoms with Crippen LogP contribution in [0.15, 0.2) is 41.3 Å². The minimum absolute atomic E-state index is 0.0356. The van der Waals surface area contributed by atoms with Crippen LogP contribution in [-0.4, -0.2) is 38.4 Å². The van der Waals surface area contributed by atoms with Crippen molar-refractivity contribution in [2.24, 2.45) is 5.92 Å². The van der Waals surface area contributed by atoms with Crippen LogP contribution in [0.3, 0.4) is 0 Å². The van der Waals surface area contributed by atoms with Crippen molar-refractivity contribution in [2.45, 2.75) is 54.5 Å². The zero-order valence-electron chi connectivity index (χ0n) is 17.8. The summed E-state index contributed by atoms with van der Waals surface area (Å²) in [6.45, 7) is 3.18. The quantitative estimate of drug-likeness (QED) is 0.666. The topological polar surface area (TPSA) is 72.8 Å². The van der Waals surface area contributed by atoms with E-state index in [0.717, 1.165) is 12.1 Å². The van der Waals surface area contributed by atoms with E-state index in [1.807, 2.05) is 0 Å². The average Bonchev–Trinajstić information content (AvgIpc) is 2.73. The summed E-state index contributed by atoms with van der Waals surface area (Å²) in [5.41, 5.74) is -1.29. The summed E-state index contributed by atoms with van der Waals surface area (Å²) in [4.78, 5) is -0.0356. The Labute approximate surface area is 191 Å². The summed E-state index contributed by atoms with van der Waals surface area (Å²) in [5, 5.41) is 10.5. The van der Waals surface area contributed by atoms with E-state index in [9.17, 15) is 17.9 Å². The monoisotopic (exact) mass is 486 g/mol. The number of rotatable bonds is 5. The van der Waals surface area contributed by atoms with Crippen molar-refractivity contribution in [3.05, 3.63) is 58.6 Å². The van der Waals surface area contributed by atoms with Gasteiger partial charge in [0.15, 0.2) is 21.4 Å². The summed E-state index contributed by atoms with van der Waals surface area (Å²) in [6.07, 6.45) is -0.0165. The van der Waals surface area contributed by atoms with Crippen LogP contribution < -0.4 is 4.74 Å². The van der Waals surface area contributed by atoms with Gasteiger partial charge in [-0.05, 0) is 69.5 Å². The first-order chi connectivity index (χ1) is 15.0. The van der Waals surface area contributed by atoms with Gasteiger partial charge in [-0.25, -0.2) is 17.2 Å². The van der Waals surface area contributed by atoms with Crippen LogP contribution >= 0.6 is 11.6 Å². The maximum Gasteiger partial charge on any atom is 0.189 e. The highest BCUT2D eigenvalue weighted by atomic mass is 35.5. The van der Waals surface area contributed by atoms with Gasteiger partial charge in [0, 0.05) is 17.5 Å². The zero-order valence-corrected chi connectivity index (χ0v) is 19.3. The lowest BCUT2D eigenvalue weighted by Crippen LogP contribution is -2.57. The number of hydrogen-bond donors (Lipinski definition) is 1. The van der Waals surface area contributed by atoms with Gasteiger partial charge in [0.05, 0.1) is 28.8 Å². The molecule has 3 atom stereocenters. The lowest BCUT2D eigenvalue weighted by molar-refractivity contribution is -0.0840. The van der Waals surface area contributed by atoms with Crippen LogP contribution in [0.5, 0.6) is 5.75 Å². The summed E-state index contributed by atoms with van der Waals surface area (Å²) in [7, 11) is -4.23. The molecule has 2 aromatic rings. The van der Waals surface area contributed by atoms with Crippen LogP contribution in [0.1, 0.15) is 38.7 Å². The fraction of sp³-hybridized carbons (Fsp3) is 0.478. The smallest absolute Gasteiger partial charge is 0.189 e. The normalized spacial score (nSPS) is 25.6. The van der Waals surface area contributed by atoms with Crippen molar-refractivity contribution < 1.29 is 31.8 Å². The highest BCUT2D eigenvalue weighted by Gasteiger charge is 2.61. The summed E-state index contributed by atoms with van der Waals surface area (Å²) < 4.78 is 67.9. The molecule has 174 valence electrons. The SMILES string of the molecule is CC(C)(O)CC[C@@H]1OCC[C@@]2(S(=O)(=O)c3ccc(Cl)cc3)c3c(F)ccc(F)c3OC[C@@H]12. The molecule has 2 aliphatic rings. The van der Waals surface area contributed by atoms with Gasteiger partial charge in [-0.15, -0.1) is 0 Å². The average molecular weight is 487 g/mol. The summed E-state index contributed by atoms with van der Waals surface area (Å²) >= 11 is 5.95. The molecule has 1 saturated heterocycles. The number of fused-ring (bicyclic) bond motifs is 3. The van der Waals surface area contributed by atoms with Crippen LogP contribution in [0, 0.1) is 17.6 Å². The molecule has 0 aromatic heterocycles. The van der Waals surface area contributed by atoms with Gasteiger partial charge in [-0.2, -0.15) is 0 Å². The van der Waals surface area contributed by atoms with E-state index >= 15 is 4.39 Å². The molecule has 0 aliphatic carbocycles. The van der Waals surface area contributed by atoms with Gasteiger partial charge < -0.3 is 14.6 Å². The molecule has 0 amide bonds. The molecule has 9 heteroatoms. The number of halogens is 3. The number of benzene rings is 2. The largest absolute Gasteiger partial charge is 0.490 e. The molecule has 0 unspecified atom stereocenters. The lowest BCUT2D eigenvalue weighted by Gasteiger charge is -2.50. The maximum absolute atomic E-state index is 15.3. The Morgan fingerprint density at radius 1 is 1.16 bits per heavy atom. The third-order valence-corrected chi connectivity index (χ3v) is 9.20. The van der Waals surface area contributed by atoms with Crippen LogP contribution in [0.4, 0.5) is 8.78 Å². The molecular weight excluding hydrogens is 462 g/mol. The fourth-order valence-electron chi connectivity index (χ4n) is 4.83. The summed E-state index contributed by atoms with van der Waals surface area (Å²) in [5.74, 6) is -2.83. The Bertz CT molecular complexity index is 1110. The van der Waals surface area contributed by atoms with Crippen molar-refractivity contribution in [1.29, 1.82) is 0 Å². The Hall–Kier alpha value is -1.74. The van der Waals surface area contributed by atoms with Crippen LogP contribution in [0.25, 0.3) is 0 Å². The van der Waals surface area contributed by atoms with E-state index in [-0.39, 0.29) is 35.8 Å². The first-order valence-electron chi connectivity index (χ1n) is 10.4. The van der Waals surface area contributed by atoms with Gasteiger partial charge in [-0.3, -0.25) is 0 Å². The predicted octanol–water partition coefficient (Wildman–Crippen LogP) is 4.64. The third-order valence-electron chi connectivity index (χ3n) is 6.39. The molecule has 2 heterocycles. The van der Waals surface area contributed by atoms with Gasteiger partial charge >= 0.3 is 0 Å². The first kappa shape index (κ1) is 23.4. The second-order valence-electron chi connectivity index (χ2n) is 9.01. The molecule has 32 heavy (non-hydrogen) atoms. The molecule has 1 fully saturated rings. The third kappa shape index (κ3) is 3.81.